The lowest BCUT2D eigenvalue weighted by atomic mass is 10.1. The van der Waals surface area contributed by atoms with E-state index < -0.39 is 0 Å². The topological polar surface area (TPSA) is 84.1 Å². The van der Waals surface area contributed by atoms with Crippen molar-refractivity contribution < 1.29 is 5.11 Å². The van der Waals surface area contributed by atoms with Gasteiger partial charge in [0.15, 0.2) is 0 Å². The van der Waals surface area contributed by atoms with Crippen LogP contribution in [0.15, 0.2) is 34.9 Å². The minimum atomic E-state index is 0.241. The van der Waals surface area contributed by atoms with Gasteiger partial charge in [-0.05, 0) is 40.0 Å². The highest BCUT2D eigenvalue weighted by Gasteiger charge is 2.02. The average Bonchev–Trinajstić information content (AvgIpc) is 2.36. The summed E-state index contributed by atoms with van der Waals surface area (Å²) in [6.07, 6.45) is 2.45. The molecule has 0 bridgehead atoms. The van der Waals surface area contributed by atoms with Crippen molar-refractivity contribution in [3.05, 3.63) is 40.5 Å². The number of nitrogens with zero attached hydrogens (tertiary/aromatic N) is 2. The van der Waals surface area contributed by atoms with E-state index in [1.54, 1.807) is 18.3 Å². The van der Waals surface area contributed by atoms with Crippen LogP contribution in [0.3, 0.4) is 0 Å². The zero-order chi connectivity index (χ0) is 13.0. The van der Waals surface area contributed by atoms with E-state index in [0.29, 0.717) is 5.82 Å². The van der Waals surface area contributed by atoms with Gasteiger partial charge in [0.05, 0.1) is 4.47 Å². The van der Waals surface area contributed by atoms with E-state index in [2.05, 4.69) is 31.2 Å². The Hall–Kier alpha value is -1.82. The molecule has 0 atom stereocenters. The molecule has 0 spiro atoms. The van der Waals surface area contributed by atoms with E-state index in [1.807, 2.05) is 12.1 Å². The predicted octanol–water partition coefficient (Wildman–Crippen LogP) is 2.18. The van der Waals surface area contributed by atoms with Crippen molar-refractivity contribution in [2.24, 2.45) is 0 Å². The molecular formula is C12H13BrN4O. The summed E-state index contributed by atoms with van der Waals surface area (Å²) < 4.78 is 0.780. The second-order valence-electron chi connectivity index (χ2n) is 3.77. The third-order valence-corrected chi connectivity index (χ3v) is 2.99. The van der Waals surface area contributed by atoms with Gasteiger partial charge in [-0.25, -0.2) is 4.98 Å². The Kier molecular flexibility index (Phi) is 3.99. The summed E-state index contributed by atoms with van der Waals surface area (Å²) in [6.45, 7) is 0.722. The first-order valence-electron chi connectivity index (χ1n) is 5.45. The van der Waals surface area contributed by atoms with Crippen LogP contribution in [-0.4, -0.2) is 21.6 Å². The average molecular weight is 309 g/mol. The zero-order valence-corrected chi connectivity index (χ0v) is 11.2. The maximum absolute atomic E-state index is 9.17. The quantitative estimate of drug-likeness (QED) is 0.806. The third kappa shape index (κ3) is 3.33. The van der Waals surface area contributed by atoms with Gasteiger partial charge in [-0.3, -0.25) is 0 Å². The molecule has 0 radical (unpaired) electrons. The van der Waals surface area contributed by atoms with Gasteiger partial charge in [0, 0.05) is 12.7 Å². The molecule has 4 N–H and O–H groups in total. The molecule has 0 unspecified atom stereocenters. The molecular weight excluding hydrogens is 296 g/mol. The molecule has 0 saturated heterocycles. The zero-order valence-electron chi connectivity index (χ0n) is 9.60. The summed E-state index contributed by atoms with van der Waals surface area (Å²) >= 11 is 3.35. The van der Waals surface area contributed by atoms with Crippen LogP contribution < -0.4 is 11.1 Å². The van der Waals surface area contributed by atoms with Crippen LogP contribution in [0.1, 0.15) is 5.56 Å². The molecule has 5 nitrogen and oxygen atoms in total. The smallest absolute Gasteiger partial charge is 0.221 e. The summed E-state index contributed by atoms with van der Waals surface area (Å²) in [5, 5.41) is 12.4. The van der Waals surface area contributed by atoms with Crippen molar-refractivity contribution in [3.63, 3.8) is 0 Å². The van der Waals surface area contributed by atoms with Crippen LogP contribution in [-0.2, 0) is 6.42 Å². The summed E-state index contributed by atoms with van der Waals surface area (Å²) in [4.78, 5) is 7.95. The third-order valence-electron chi connectivity index (χ3n) is 2.41. The van der Waals surface area contributed by atoms with Gasteiger partial charge in [0.2, 0.25) is 5.95 Å². The number of rotatable bonds is 4. The van der Waals surface area contributed by atoms with Gasteiger partial charge in [0.1, 0.15) is 11.6 Å². The molecule has 1 heterocycles. The van der Waals surface area contributed by atoms with Crippen molar-refractivity contribution in [2.75, 3.05) is 17.6 Å². The molecule has 2 aromatic rings. The monoisotopic (exact) mass is 308 g/mol. The van der Waals surface area contributed by atoms with Crippen molar-refractivity contribution >= 4 is 27.7 Å². The lowest BCUT2D eigenvalue weighted by molar-refractivity contribution is 0.475. The molecule has 94 valence electrons. The number of aromatic nitrogens is 2. The van der Waals surface area contributed by atoms with Gasteiger partial charge in [0.25, 0.3) is 0 Å². The number of halogens is 1. The second kappa shape index (κ2) is 5.68. The SMILES string of the molecule is Nc1ncc(Br)c(NCCc2ccc(O)cc2)n1. The Morgan fingerprint density at radius 1 is 1.28 bits per heavy atom. The minimum absolute atomic E-state index is 0.241. The number of benzene rings is 1. The molecule has 1 aromatic carbocycles. The molecule has 18 heavy (non-hydrogen) atoms. The van der Waals surface area contributed by atoms with Crippen LogP contribution in [0, 0.1) is 0 Å². The number of phenols is 1. The molecule has 0 saturated carbocycles. The van der Waals surface area contributed by atoms with E-state index in [9.17, 15) is 5.11 Å². The van der Waals surface area contributed by atoms with Crippen molar-refractivity contribution in [1.29, 1.82) is 0 Å². The number of hydrogen-bond acceptors (Lipinski definition) is 5. The Morgan fingerprint density at radius 2 is 2.00 bits per heavy atom. The lowest BCUT2D eigenvalue weighted by Gasteiger charge is -2.07. The van der Waals surface area contributed by atoms with E-state index in [1.165, 1.54) is 0 Å². The van der Waals surface area contributed by atoms with E-state index in [4.69, 9.17) is 5.73 Å². The van der Waals surface area contributed by atoms with Crippen LogP contribution in [0.5, 0.6) is 5.75 Å². The van der Waals surface area contributed by atoms with Crippen LogP contribution >= 0.6 is 15.9 Å². The standard InChI is InChI=1S/C12H13BrN4O/c13-10-7-16-12(14)17-11(10)15-6-5-8-1-3-9(18)4-2-8/h1-4,7,18H,5-6H2,(H3,14,15,16,17). The van der Waals surface area contributed by atoms with Crippen molar-refractivity contribution in [2.45, 2.75) is 6.42 Å². The molecule has 0 fully saturated rings. The fourth-order valence-electron chi connectivity index (χ4n) is 1.49. The molecule has 0 amide bonds. The number of nitrogen functional groups attached to an aromatic ring is 1. The molecule has 0 aliphatic rings. The van der Waals surface area contributed by atoms with E-state index >= 15 is 0 Å². The highest BCUT2D eigenvalue weighted by Crippen LogP contribution is 2.19. The lowest BCUT2D eigenvalue weighted by Crippen LogP contribution is -2.08. The molecule has 2 rings (SSSR count). The van der Waals surface area contributed by atoms with Gasteiger partial charge in [-0.15, -0.1) is 0 Å². The van der Waals surface area contributed by atoms with E-state index in [-0.39, 0.29) is 11.7 Å². The number of phenolic OH excluding ortho intramolecular Hbond substituents is 1. The van der Waals surface area contributed by atoms with Gasteiger partial charge in [-0.2, -0.15) is 4.98 Å². The first-order chi connectivity index (χ1) is 8.65. The summed E-state index contributed by atoms with van der Waals surface area (Å²) in [7, 11) is 0. The van der Waals surface area contributed by atoms with Gasteiger partial charge in [-0.1, -0.05) is 12.1 Å². The Bertz CT molecular complexity index is 530. The van der Waals surface area contributed by atoms with Crippen LogP contribution in [0.2, 0.25) is 0 Å². The maximum Gasteiger partial charge on any atom is 0.221 e. The van der Waals surface area contributed by atoms with E-state index in [0.717, 1.165) is 23.0 Å². The summed E-state index contributed by atoms with van der Waals surface area (Å²) in [6, 6.07) is 7.13. The maximum atomic E-state index is 9.17. The van der Waals surface area contributed by atoms with Gasteiger partial charge >= 0.3 is 0 Å². The number of anilines is 2. The number of aromatic hydroxyl groups is 1. The van der Waals surface area contributed by atoms with Gasteiger partial charge < -0.3 is 16.2 Å². The van der Waals surface area contributed by atoms with Crippen molar-refractivity contribution in [1.82, 2.24) is 9.97 Å². The second-order valence-corrected chi connectivity index (χ2v) is 4.62. The van der Waals surface area contributed by atoms with Crippen LogP contribution in [0.4, 0.5) is 11.8 Å². The fourth-order valence-corrected chi connectivity index (χ4v) is 1.82. The Morgan fingerprint density at radius 3 is 2.72 bits per heavy atom. The first-order valence-corrected chi connectivity index (χ1v) is 6.24. The highest BCUT2D eigenvalue weighted by molar-refractivity contribution is 9.10. The number of nitrogens with two attached hydrogens (primary N) is 1. The molecule has 0 aliphatic heterocycles. The Balaban J connectivity index is 1.92. The van der Waals surface area contributed by atoms with Crippen LogP contribution in [0.25, 0.3) is 0 Å². The Labute approximate surface area is 113 Å². The summed E-state index contributed by atoms with van der Waals surface area (Å²) in [5.41, 5.74) is 6.65. The first kappa shape index (κ1) is 12.6. The highest BCUT2D eigenvalue weighted by atomic mass is 79.9. The number of hydrogen-bond donors (Lipinski definition) is 3. The molecule has 6 heteroatoms. The predicted molar refractivity (Wildman–Crippen MR) is 74.4 cm³/mol. The fraction of sp³-hybridized carbons (Fsp3) is 0.167. The molecule has 1 aromatic heterocycles. The summed E-state index contributed by atoms with van der Waals surface area (Å²) in [5.74, 6) is 1.20. The minimum Gasteiger partial charge on any atom is -0.508 e. The largest absolute Gasteiger partial charge is 0.508 e. The van der Waals surface area contributed by atoms with Crippen molar-refractivity contribution in [3.8, 4) is 5.75 Å². The normalized spacial score (nSPS) is 10.3. The molecule has 0 aliphatic carbocycles. The number of nitrogens with one attached hydrogen (secondary N) is 1.